The smallest absolute Gasteiger partial charge is 0.272 e. The molecule has 0 fully saturated rings. The van der Waals surface area contributed by atoms with Crippen molar-refractivity contribution in [3.05, 3.63) is 89.0 Å². The third-order valence-electron chi connectivity index (χ3n) is 5.32. The monoisotopic (exact) mass is 425 g/mol. The van der Waals surface area contributed by atoms with Crippen LogP contribution < -0.4 is 5.43 Å². The molecule has 0 spiro atoms. The van der Waals surface area contributed by atoms with E-state index in [0.29, 0.717) is 33.4 Å². The van der Waals surface area contributed by atoms with E-state index in [1.807, 2.05) is 50.2 Å². The van der Waals surface area contributed by atoms with Gasteiger partial charge in [-0.05, 0) is 62.7 Å². The van der Waals surface area contributed by atoms with Gasteiger partial charge < -0.3 is 10.2 Å². The molecule has 0 unspecified atom stereocenters. The predicted molar refractivity (Wildman–Crippen MR) is 126 cm³/mol. The summed E-state index contributed by atoms with van der Waals surface area (Å²) in [6.45, 7) is 5.67. The highest BCUT2D eigenvalue weighted by atomic mass is 16.3. The molecule has 6 nitrogen and oxygen atoms in total. The Morgan fingerprint density at radius 1 is 0.938 bits per heavy atom. The van der Waals surface area contributed by atoms with Crippen LogP contribution in [0.1, 0.15) is 34.0 Å². The maximum Gasteiger partial charge on any atom is 0.272 e. The first-order chi connectivity index (χ1) is 15.3. The minimum Gasteiger partial charge on any atom is -0.508 e. The molecule has 0 aliphatic heterocycles. The van der Waals surface area contributed by atoms with E-state index in [0.717, 1.165) is 16.7 Å². The zero-order valence-electron chi connectivity index (χ0n) is 18.0. The van der Waals surface area contributed by atoms with E-state index in [-0.39, 0.29) is 11.5 Å². The third kappa shape index (κ3) is 4.16. The number of nitrogens with one attached hydrogen (secondary N) is 1. The Labute approximate surface area is 185 Å². The molecule has 0 atom stereocenters. The van der Waals surface area contributed by atoms with Crippen LogP contribution in [0.4, 0.5) is 0 Å². The maximum atomic E-state index is 13.1. The summed E-state index contributed by atoms with van der Waals surface area (Å²) >= 11 is 0. The molecule has 160 valence electrons. The molecule has 0 aliphatic carbocycles. The molecular weight excluding hydrogens is 402 g/mol. The number of aryl methyl sites for hydroxylation is 2. The highest BCUT2D eigenvalue weighted by Gasteiger charge is 2.15. The molecule has 1 aromatic heterocycles. The number of para-hydroxylation sites is 1. The topological polar surface area (TPSA) is 94.8 Å². The quantitative estimate of drug-likeness (QED) is 0.241. The second-order valence-corrected chi connectivity index (χ2v) is 7.73. The van der Waals surface area contributed by atoms with Gasteiger partial charge in [0.2, 0.25) is 0 Å². The van der Waals surface area contributed by atoms with Crippen LogP contribution in [-0.4, -0.2) is 26.8 Å². The lowest BCUT2D eigenvalue weighted by Gasteiger charge is -2.12. The van der Waals surface area contributed by atoms with Gasteiger partial charge in [-0.1, -0.05) is 35.9 Å². The van der Waals surface area contributed by atoms with Crippen LogP contribution in [0.25, 0.3) is 22.2 Å². The van der Waals surface area contributed by atoms with Crippen molar-refractivity contribution in [2.45, 2.75) is 20.8 Å². The fraction of sp³-hybridized carbons (Fsp3) is 0.115. The highest BCUT2D eigenvalue weighted by Crippen LogP contribution is 2.28. The molecule has 0 aliphatic rings. The van der Waals surface area contributed by atoms with Crippen molar-refractivity contribution in [3.8, 4) is 22.8 Å². The van der Waals surface area contributed by atoms with Gasteiger partial charge in [0.05, 0.1) is 22.5 Å². The van der Waals surface area contributed by atoms with Gasteiger partial charge in [-0.25, -0.2) is 10.4 Å². The Balaban J connectivity index is 1.75. The number of benzene rings is 3. The van der Waals surface area contributed by atoms with Gasteiger partial charge in [0.1, 0.15) is 11.5 Å². The number of phenols is 2. The number of carbonyl (C=O) groups excluding carboxylic acids is 1. The molecule has 3 N–H and O–H groups in total. The summed E-state index contributed by atoms with van der Waals surface area (Å²) in [5.41, 5.74) is 8.28. The number of phenolic OH excluding ortho intramolecular Hbond substituents is 2. The maximum absolute atomic E-state index is 13.1. The number of fused-ring (bicyclic) bond motifs is 1. The lowest BCUT2D eigenvalue weighted by molar-refractivity contribution is 0.0956. The van der Waals surface area contributed by atoms with Gasteiger partial charge in [0.15, 0.2) is 0 Å². The summed E-state index contributed by atoms with van der Waals surface area (Å²) in [6.07, 6.45) is 0. The number of carbonyl (C=O) groups is 1. The zero-order chi connectivity index (χ0) is 22.8. The molecule has 4 aromatic rings. The Kier molecular flexibility index (Phi) is 5.60. The van der Waals surface area contributed by atoms with Gasteiger partial charge in [-0.15, -0.1) is 0 Å². The minimum absolute atomic E-state index is 0.00281. The van der Waals surface area contributed by atoms with Crippen molar-refractivity contribution in [2.75, 3.05) is 0 Å². The standard InChI is InChI=1S/C26H23N3O3/c1-15-8-9-16(2)20(12-15)24-14-22(19-6-4-5-7-23(19)27-24)26(32)29-28-17(3)21-13-18(30)10-11-25(21)31/h4-14,30-31H,1-3H3,(H,29,32)/b28-17+. The largest absolute Gasteiger partial charge is 0.508 e. The molecule has 1 heterocycles. The number of aromatic nitrogens is 1. The molecule has 0 radical (unpaired) electrons. The predicted octanol–water partition coefficient (Wildman–Crippen LogP) is 5.08. The summed E-state index contributed by atoms with van der Waals surface area (Å²) in [6, 6.07) is 19.5. The van der Waals surface area contributed by atoms with Crippen molar-refractivity contribution in [2.24, 2.45) is 5.10 Å². The molecule has 1 amide bonds. The number of pyridine rings is 1. The zero-order valence-corrected chi connectivity index (χ0v) is 18.0. The normalized spacial score (nSPS) is 11.5. The van der Waals surface area contributed by atoms with Crippen molar-refractivity contribution in [3.63, 3.8) is 0 Å². The van der Waals surface area contributed by atoms with Crippen molar-refractivity contribution in [1.82, 2.24) is 10.4 Å². The fourth-order valence-electron chi connectivity index (χ4n) is 3.58. The molecule has 0 bridgehead atoms. The summed E-state index contributed by atoms with van der Waals surface area (Å²) in [4.78, 5) is 17.9. The molecule has 4 rings (SSSR count). The van der Waals surface area contributed by atoms with Gasteiger partial charge in [-0.2, -0.15) is 5.10 Å². The van der Waals surface area contributed by atoms with E-state index in [2.05, 4.69) is 16.6 Å². The van der Waals surface area contributed by atoms with Crippen molar-refractivity contribution < 1.29 is 15.0 Å². The lowest BCUT2D eigenvalue weighted by Crippen LogP contribution is -2.20. The summed E-state index contributed by atoms with van der Waals surface area (Å²) in [7, 11) is 0. The van der Waals surface area contributed by atoms with Crippen molar-refractivity contribution >= 4 is 22.5 Å². The van der Waals surface area contributed by atoms with Crippen LogP contribution in [0.5, 0.6) is 11.5 Å². The molecule has 0 saturated heterocycles. The molecule has 6 heteroatoms. The third-order valence-corrected chi connectivity index (χ3v) is 5.32. The van der Waals surface area contributed by atoms with E-state index in [1.54, 1.807) is 13.0 Å². The first kappa shape index (κ1) is 21.1. The van der Waals surface area contributed by atoms with Crippen LogP contribution in [-0.2, 0) is 0 Å². The number of rotatable bonds is 4. The first-order valence-corrected chi connectivity index (χ1v) is 10.2. The van der Waals surface area contributed by atoms with Crippen LogP contribution in [0.3, 0.4) is 0 Å². The van der Waals surface area contributed by atoms with Crippen molar-refractivity contribution in [1.29, 1.82) is 0 Å². The Morgan fingerprint density at radius 3 is 2.53 bits per heavy atom. The molecule has 32 heavy (non-hydrogen) atoms. The molecule has 3 aromatic carbocycles. The van der Waals surface area contributed by atoms with Gasteiger partial charge in [0, 0.05) is 16.5 Å². The van der Waals surface area contributed by atoms with Crippen LogP contribution in [0.15, 0.2) is 71.8 Å². The molecule has 0 saturated carbocycles. The minimum atomic E-state index is -0.394. The first-order valence-electron chi connectivity index (χ1n) is 10.2. The average Bonchev–Trinajstić information content (AvgIpc) is 2.79. The second kappa shape index (κ2) is 8.51. The van der Waals surface area contributed by atoms with E-state index in [1.165, 1.54) is 18.2 Å². The molecular formula is C26H23N3O3. The number of hydrogen-bond donors (Lipinski definition) is 3. The van der Waals surface area contributed by atoms with E-state index in [9.17, 15) is 15.0 Å². The van der Waals surface area contributed by atoms with Crippen LogP contribution >= 0.6 is 0 Å². The lowest BCUT2D eigenvalue weighted by atomic mass is 9.99. The fourth-order valence-corrected chi connectivity index (χ4v) is 3.58. The summed E-state index contributed by atoms with van der Waals surface area (Å²) < 4.78 is 0. The number of nitrogens with zero attached hydrogens (tertiary/aromatic N) is 2. The SMILES string of the molecule is C/C(=N\NC(=O)c1cc(-c2cc(C)ccc2C)nc2ccccc12)c1cc(O)ccc1O. The second-order valence-electron chi connectivity index (χ2n) is 7.73. The highest BCUT2D eigenvalue weighted by molar-refractivity contribution is 6.08. The van der Waals surface area contributed by atoms with Gasteiger partial charge in [-0.3, -0.25) is 4.79 Å². The summed E-state index contributed by atoms with van der Waals surface area (Å²) in [5, 5.41) is 24.6. The number of hydrogen-bond acceptors (Lipinski definition) is 5. The number of hydrazone groups is 1. The van der Waals surface area contributed by atoms with Gasteiger partial charge in [0.25, 0.3) is 5.91 Å². The van der Waals surface area contributed by atoms with E-state index >= 15 is 0 Å². The van der Waals surface area contributed by atoms with Gasteiger partial charge >= 0.3 is 0 Å². The Morgan fingerprint density at radius 2 is 1.72 bits per heavy atom. The number of amides is 1. The van der Waals surface area contributed by atoms with Crippen LogP contribution in [0.2, 0.25) is 0 Å². The van der Waals surface area contributed by atoms with E-state index < -0.39 is 5.91 Å². The van der Waals surface area contributed by atoms with E-state index in [4.69, 9.17) is 4.98 Å². The summed E-state index contributed by atoms with van der Waals surface area (Å²) in [5.74, 6) is -0.434. The number of aromatic hydroxyl groups is 2. The van der Waals surface area contributed by atoms with Crippen LogP contribution in [0, 0.1) is 13.8 Å². The average molecular weight is 425 g/mol. The Bertz CT molecular complexity index is 1380. The Hall–Kier alpha value is -4.19.